The van der Waals surface area contributed by atoms with Gasteiger partial charge in [-0.1, -0.05) is 30.3 Å². The molecule has 0 aliphatic carbocycles. The minimum atomic E-state index is -1.08. The predicted molar refractivity (Wildman–Crippen MR) is 92.8 cm³/mol. The first-order valence-corrected chi connectivity index (χ1v) is 8.47. The molecule has 1 heterocycles. The fraction of sp³-hybridized carbons (Fsp3) is 0.350. The topological polar surface area (TPSA) is 49.8 Å². The van der Waals surface area contributed by atoms with Gasteiger partial charge in [0.2, 0.25) is 5.91 Å². The summed E-state index contributed by atoms with van der Waals surface area (Å²) in [6.07, 6.45) is 1.63. The molecule has 132 valence electrons. The van der Waals surface area contributed by atoms with Crippen molar-refractivity contribution in [3.63, 3.8) is 0 Å². The van der Waals surface area contributed by atoms with Crippen molar-refractivity contribution in [2.45, 2.75) is 24.9 Å². The minimum Gasteiger partial charge on any atom is -0.491 e. The number of piperidine rings is 1. The van der Waals surface area contributed by atoms with Gasteiger partial charge in [0.15, 0.2) is 0 Å². The van der Waals surface area contributed by atoms with E-state index in [1.807, 2.05) is 30.3 Å². The maximum Gasteiger partial charge on any atom is 0.227 e. The standard InChI is InChI=1S/C20H22FNO3/c21-17-7-9-18(10-8-17)25-15-20(24)11-4-12-22(14-20)19(23)13-16-5-2-1-3-6-16/h1-3,5-10,24H,4,11-15H2. The average molecular weight is 343 g/mol. The van der Waals surface area contributed by atoms with Gasteiger partial charge < -0.3 is 14.7 Å². The van der Waals surface area contributed by atoms with Gasteiger partial charge in [-0.15, -0.1) is 0 Å². The SMILES string of the molecule is O=C(Cc1ccccc1)N1CCCC(O)(COc2ccc(F)cc2)C1. The molecule has 0 bridgehead atoms. The molecule has 5 heteroatoms. The van der Waals surface area contributed by atoms with E-state index in [-0.39, 0.29) is 24.9 Å². The molecule has 1 unspecified atom stereocenters. The largest absolute Gasteiger partial charge is 0.491 e. The zero-order valence-electron chi connectivity index (χ0n) is 14.0. The van der Waals surface area contributed by atoms with Gasteiger partial charge in [0.25, 0.3) is 0 Å². The molecular weight excluding hydrogens is 321 g/mol. The summed E-state index contributed by atoms with van der Waals surface area (Å²) in [5.41, 5.74) is -0.122. The maximum absolute atomic E-state index is 12.9. The van der Waals surface area contributed by atoms with Crippen LogP contribution in [0.5, 0.6) is 5.75 Å². The van der Waals surface area contributed by atoms with Crippen molar-refractivity contribution in [3.05, 3.63) is 66.0 Å². The van der Waals surface area contributed by atoms with Gasteiger partial charge in [-0.05, 0) is 42.7 Å². The highest BCUT2D eigenvalue weighted by molar-refractivity contribution is 5.79. The summed E-state index contributed by atoms with van der Waals surface area (Å²) in [5, 5.41) is 10.8. The van der Waals surface area contributed by atoms with Crippen LogP contribution in [-0.4, -0.2) is 41.2 Å². The Hall–Kier alpha value is -2.40. The van der Waals surface area contributed by atoms with Gasteiger partial charge in [0, 0.05) is 6.54 Å². The Labute approximate surface area is 146 Å². The lowest BCUT2D eigenvalue weighted by atomic mass is 9.93. The van der Waals surface area contributed by atoms with Gasteiger partial charge in [0.05, 0.1) is 13.0 Å². The van der Waals surface area contributed by atoms with E-state index in [4.69, 9.17) is 4.74 Å². The van der Waals surface area contributed by atoms with Crippen molar-refractivity contribution in [3.8, 4) is 5.75 Å². The molecule has 1 fully saturated rings. The van der Waals surface area contributed by atoms with Crippen LogP contribution in [0.2, 0.25) is 0 Å². The Morgan fingerprint density at radius 3 is 2.60 bits per heavy atom. The van der Waals surface area contributed by atoms with Crippen LogP contribution in [-0.2, 0) is 11.2 Å². The zero-order valence-corrected chi connectivity index (χ0v) is 14.0. The van der Waals surface area contributed by atoms with Crippen LogP contribution >= 0.6 is 0 Å². The Morgan fingerprint density at radius 1 is 1.16 bits per heavy atom. The number of ether oxygens (including phenoxy) is 1. The van der Waals surface area contributed by atoms with Crippen molar-refractivity contribution in [2.75, 3.05) is 19.7 Å². The molecule has 4 nitrogen and oxygen atoms in total. The number of amides is 1. The second kappa shape index (κ2) is 7.66. The first-order valence-electron chi connectivity index (χ1n) is 8.47. The monoisotopic (exact) mass is 343 g/mol. The summed E-state index contributed by atoms with van der Waals surface area (Å²) in [7, 11) is 0. The summed E-state index contributed by atoms with van der Waals surface area (Å²) in [4.78, 5) is 14.2. The van der Waals surface area contributed by atoms with E-state index < -0.39 is 5.60 Å². The van der Waals surface area contributed by atoms with Gasteiger partial charge >= 0.3 is 0 Å². The zero-order chi connectivity index (χ0) is 17.7. The summed E-state index contributed by atoms with van der Waals surface area (Å²) in [6, 6.07) is 15.3. The molecule has 0 spiro atoms. The molecule has 25 heavy (non-hydrogen) atoms. The van der Waals surface area contributed by atoms with E-state index >= 15 is 0 Å². The van der Waals surface area contributed by atoms with Crippen LogP contribution in [0.3, 0.4) is 0 Å². The third-order valence-electron chi connectivity index (χ3n) is 4.43. The van der Waals surface area contributed by atoms with E-state index in [1.54, 1.807) is 4.90 Å². The predicted octanol–water partition coefficient (Wildman–Crippen LogP) is 2.80. The van der Waals surface area contributed by atoms with Gasteiger partial charge in [-0.2, -0.15) is 0 Å². The molecule has 1 N–H and O–H groups in total. The molecule has 1 aliphatic rings. The third-order valence-corrected chi connectivity index (χ3v) is 4.43. The van der Waals surface area contributed by atoms with Gasteiger partial charge in [-0.3, -0.25) is 4.79 Å². The van der Waals surface area contributed by atoms with Crippen LogP contribution < -0.4 is 4.74 Å². The number of carbonyl (C=O) groups excluding carboxylic acids is 1. The third kappa shape index (κ3) is 4.79. The highest BCUT2D eigenvalue weighted by atomic mass is 19.1. The normalized spacial score (nSPS) is 20.3. The highest BCUT2D eigenvalue weighted by Crippen LogP contribution is 2.23. The second-order valence-corrected chi connectivity index (χ2v) is 6.55. The molecule has 1 amide bonds. The lowest BCUT2D eigenvalue weighted by molar-refractivity contribution is -0.139. The number of nitrogens with zero attached hydrogens (tertiary/aromatic N) is 1. The maximum atomic E-state index is 12.9. The number of rotatable bonds is 5. The minimum absolute atomic E-state index is 0.00565. The van der Waals surface area contributed by atoms with Gasteiger partial charge in [-0.25, -0.2) is 4.39 Å². The van der Waals surface area contributed by atoms with Crippen molar-refractivity contribution in [1.29, 1.82) is 0 Å². The second-order valence-electron chi connectivity index (χ2n) is 6.55. The molecule has 1 saturated heterocycles. The molecule has 3 rings (SSSR count). The summed E-state index contributed by atoms with van der Waals surface area (Å²) in [5.74, 6) is 0.176. The van der Waals surface area contributed by atoms with Crippen molar-refractivity contribution in [2.24, 2.45) is 0 Å². The van der Waals surface area contributed by atoms with Crippen LogP contribution in [0.1, 0.15) is 18.4 Å². The van der Waals surface area contributed by atoms with Crippen molar-refractivity contribution >= 4 is 5.91 Å². The molecule has 2 aromatic carbocycles. The molecule has 0 radical (unpaired) electrons. The number of carbonyl (C=O) groups is 1. The van der Waals surface area contributed by atoms with Crippen molar-refractivity contribution in [1.82, 2.24) is 4.90 Å². The number of β-amino-alcohol motifs (C(OH)–C–C–N with tert-alkyl or cyclic N) is 1. The van der Waals surface area contributed by atoms with Crippen LogP contribution in [0.25, 0.3) is 0 Å². The van der Waals surface area contributed by atoms with E-state index in [9.17, 15) is 14.3 Å². The van der Waals surface area contributed by atoms with Gasteiger partial charge in [0.1, 0.15) is 23.8 Å². The number of likely N-dealkylation sites (tertiary alicyclic amines) is 1. The Morgan fingerprint density at radius 2 is 1.88 bits per heavy atom. The lowest BCUT2D eigenvalue weighted by Crippen LogP contribution is -2.53. The quantitative estimate of drug-likeness (QED) is 0.908. The van der Waals surface area contributed by atoms with Crippen LogP contribution in [0, 0.1) is 5.82 Å². The summed E-state index contributed by atoms with van der Waals surface area (Å²) < 4.78 is 18.5. The number of halogens is 1. The molecule has 1 aliphatic heterocycles. The first kappa shape index (κ1) is 17.4. The molecule has 1 atom stereocenters. The number of aliphatic hydroxyl groups is 1. The fourth-order valence-corrected chi connectivity index (χ4v) is 3.07. The Balaban J connectivity index is 1.57. The van der Waals surface area contributed by atoms with E-state index in [0.29, 0.717) is 25.1 Å². The summed E-state index contributed by atoms with van der Waals surface area (Å²) in [6.45, 7) is 0.970. The van der Waals surface area contributed by atoms with E-state index in [1.165, 1.54) is 24.3 Å². The first-order chi connectivity index (χ1) is 12.0. The molecule has 0 saturated carbocycles. The van der Waals surface area contributed by atoms with Crippen molar-refractivity contribution < 1.29 is 19.0 Å². The van der Waals surface area contributed by atoms with Crippen LogP contribution in [0.15, 0.2) is 54.6 Å². The highest BCUT2D eigenvalue weighted by Gasteiger charge is 2.36. The number of hydrogen-bond acceptors (Lipinski definition) is 3. The number of benzene rings is 2. The van der Waals surface area contributed by atoms with Crippen LogP contribution in [0.4, 0.5) is 4.39 Å². The summed E-state index contributed by atoms with van der Waals surface area (Å²) >= 11 is 0. The Kier molecular flexibility index (Phi) is 5.34. The molecule has 2 aromatic rings. The van der Waals surface area contributed by atoms with E-state index in [0.717, 1.165) is 12.0 Å². The smallest absolute Gasteiger partial charge is 0.227 e. The number of hydrogen-bond donors (Lipinski definition) is 1. The molecular formula is C20H22FNO3. The average Bonchev–Trinajstić information content (AvgIpc) is 2.62. The molecule has 0 aromatic heterocycles. The lowest BCUT2D eigenvalue weighted by Gasteiger charge is -2.39. The Bertz CT molecular complexity index is 705. The van der Waals surface area contributed by atoms with E-state index in [2.05, 4.69) is 0 Å². The fourth-order valence-electron chi connectivity index (χ4n) is 3.07.